The Morgan fingerprint density at radius 3 is 2.39 bits per heavy atom. The quantitative estimate of drug-likeness (QED) is 0.781. The normalized spacial score (nSPS) is 11.4. The summed E-state index contributed by atoms with van der Waals surface area (Å²) in [6, 6.07) is 6.63. The van der Waals surface area contributed by atoms with Gasteiger partial charge in [-0.15, -0.1) is 0 Å². The van der Waals surface area contributed by atoms with Crippen LogP contribution in [0.3, 0.4) is 0 Å². The van der Waals surface area contributed by atoms with Crippen molar-refractivity contribution in [3.63, 3.8) is 0 Å². The summed E-state index contributed by atoms with van der Waals surface area (Å²) in [6.07, 6.45) is 2.32. The van der Waals surface area contributed by atoms with E-state index in [0.717, 1.165) is 6.08 Å². The maximum atomic E-state index is 11.0. The van der Waals surface area contributed by atoms with Crippen molar-refractivity contribution in [2.24, 2.45) is 0 Å². The molecule has 18 heavy (non-hydrogen) atoms. The molecule has 0 saturated heterocycles. The van der Waals surface area contributed by atoms with E-state index in [1.165, 1.54) is 19.9 Å². The number of hydrogen-bond acceptors (Lipinski definition) is 3. The fraction of sp³-hybridized carbons (Fsp3) is 0.231. The number of para-hydroxylation sites is 1. The molecule has 0 bridgehead atoms. The number of aliphatic carboxylic acids is 2. The van der Waals surface area contributed by atoms with Crippen LogP contribution in [0.2, 0.25) is 0 Å². The lowest BCUT2D eigenvalue weighted by molar-refractivity contribution is -0.152. The minimum Gasteiger partial charge on any atom is -0.478 e. The molecule has 1 aromatic rings. The Hall–Kier alpha value is -2.30. The number of carboxylic acid groups (broad SMARTS) is 2. The van der Waals surface area contributed by atoms with Crippen LogP contribution in [0.5, 0.6) is 5.75 Å². The van der Waals surface area contributed by atoms with E-state index in [9.17, 15) is 9.59 Å². The summed E-state index contributed by atoms with van der Waals surface area (Å²) >= 11 is 0. The maximum absolute atomic E-state index is 11.0. The van der Waals surface area contributed by atoms with Gasteiger partial charge in [-0.3, -0.25) is 0 Å². The zero-order chi connectivity index (χ0) is 13.8. The van der Waals surface area contributed by atoms with E-state index in [-0.39, 0.29) is 0 Å². The molecule has 0 aliphatic carbocycles. The van der Waals surface area contributed by atoms with Crippen molar-refractivity contribution < 1.29 is 24.5 Å². The van der Waals surface area contributed by atoms with Crippen molar-refractivity contribution in [3.05, 3.63) is 35.9 Å². The maximum Gasteiger partial charge on any atom is 0.347 e. The number of rotatable bonds is 5. The zero-order valence-corrected chi connectivity index (χ0v) is 10.1. The molecule has 0 fully saturated rings. The second-order valence-electron chi connectivity index (χ2n) is 4.13. The van der Waals surface area contributed by atoms with Crippen LogP contribution in [0.25, 0.3) is 6.08 Å². The highest BCUT2D eigenvalue weighted by atomic mass is 16.5. The van der Waals surface area contributed by atoms with Gasteiger partial charge in [-0.2, -0.15) is 0 Å². The van der Waals surface area contributed by atoms with Crippen LogP contribution in [0.4, 0.5) is 0 Å². The van der Waals surface area contributed by atoms with Gasteiger partial charge in [-0.25, -0.2) is 9.59 Å². The molecule has 0 amide bonds. The first-order valence-corrected chi connectivity index (χ1v) is 5.25. The number of carbonyl (C=O) groups is 2. The van der Waals surface area contributed by atoms with Gasteiger partial charge in [0.25, 0.3) is 0 Å². The molecular formula is C13H14O5. The minimum atomic E-state index is -1.38. The molecule has 0 radical (unpaired) electrons. The van der Waals surface area contributed by atoms with E-state index in [2.05, 4.69) is 0 Å². The number of benzene rings is 1. The second-order valence-corrected chi connectivity index (χ2v) is 4.13. The molecule has 96 valence electrons. The van der Waals surface area contributed by atoms with E-state index in [1.54, 1.807) is 24.3 Å². The largest absolute Gasteiger partial charge is 0.478 e. The van der Waals surface area contributed by atoms with Crippen LogP contribution in [0, 0.1) is 0 Å². The first-order chi connectivity index (χ1) is 8.33. The third-order valence-electron chi connectivity index (χ3n) is 2.20. The number of carboxylic acids is 2. The van der Waals surface area contributed by atoms with Crippen molar-refractivity contribution in [2.45, 2.75) is 19.4 Å². The molecule has 1 rings (SSSR count). The van der Waals surface area contributed by atoms with Gasteiger partial charge in [0.1, 0.15) is 5.75 Å². The van der Waals surface area contributed by atoms with Crippen LogP contribution in [-0.4, -0.2) is 27.8 Å². The highest BCUT2D eigenvalue weighted by molar-refractivity contribution is 5.86. The Balaban J connectivity index is 3.03. The van der Waals surface area contributed by atoms with Gasteiger partial charge in [0.15, 0.2) is 5.60 Å². The average molecular weight is 250 g/mol. The monoisotopic (exact) mass is 250 g/mol. The summed E-state index contributed by atoms with van der Waals surface area (Å²) in [7, 11) is 0. The molecule has 0 aliphatic heterocycles. The third-order valence-corrected chi connectivity index (χ3v) is 2.20. The Kier molecular flexibility index (Phi) is 4.09. The summed E-state index contributed by atoms with van der Waals surface area (Å²) in [6.45, 7) is 2.85. The van der Waals surface area contributed by atoms with E-state index in [4.69, 9.17) is 14.9 Å². The Morgan fingerprint density at radius 2 is 1.83 bits per heavy atom. The van der Waals surface area contributed by atoms with Crippen molar-refractivity contribution in [1.82, 2.24) is 0 Å². The van der Waals surface area contributed by atoms with Gasteiger partial charge in [-0.05, 0) is 26.0 Å². The Morgan fingerprint density at radius 1 is 1.22 bits per heavy atom. The van der Waals surface area contributed by atoms with Gasteiger partial charge in [-0.1, -0.05) is 18.2 Å². The number of hydrogen-bond donors (Lipinski definition) is 2. The molecule has 1 aromatic carbocycles. The molecule has 0 saturated carbocycles. The Bertz CT molecular complexity index is 488. The highest BCUT2D eigenvalue weighted by Crippen LogP contribution is 2.24. The molecule has 2 N–H and O–H groups in total. The van der Waals surface area contributed by atoms with E-state index in [0.29, 0.717) is 11.3 Å². The summed E-state index contributed by atoms with van der Waals surface area (Å²) < 4.78 is 5.38. The summed E-state index contributed by atoms with van der Waals surface area (Å²) in [5.74, 6) is -1.86. The third kappa shape index (κ3) is 3.62. The van der Waals surface area contributed by atoms with Crippen LogP contribution in [-0.2, 0) is 9.59 Å². The van der Waals surface area contributed by atoms with E-state index >= 15 is 0 Å². The van der Waals surface area contributed by atoms with Crippen molar-refractivity contribution in [3.8, 4) is 5.75 Å². The van der Waals surface area contributed by atoms with Crippen molar-refractivity contribution in [1.29, 1.82) is 0 Å². The fourth-order valence-electron chi connectivity index (χ4n) is 1.19. The van der Waals surface area contributed by atoms with Gasteiger partial charge in [0, 0.05) is 11.6 Å². The first kappa shape index (κ1) is 13.8. The van der Waals surface area contributed by atoms with Crippen LogP contribution in [0.15, 0.2) is 30.3 Å². The first-order valence-electron chi connectivity index (χ1n) is 5.25. The van der Waals surface area contributed by atoms with Gasteiger partial charge in [0.2, 0.25) is 0 Å². The zero-order valence-electron chi connectivity index (χ0n) is 10.1. The van der Waals surface area contributed by atoms with Gasteiger partial charge >= 0.3 is 11.9 Å². The molecule has 0 aliphatic rings. The van der Waals surface area contributed by atoms with Gasteiger partial charge < -0.3 is 14.9 Å². The molecule has 0 spiro atoms. The number of ether oxygens (including phenoxy) is 1. The van der Waals surface area contributed by atoms with Crippen molar-refractivity contribution >= 4 is 18.0 Å². The predicted octanol–water partition coefficient (Wildman–Crippen LogP) is 2.03. The van der Waals surface area contributed by atoms with Gasteiger partial charge in [0.05, 0.1) is 0 Å². The lowest BCUT2D eigenvalue weighted by Crippen LogP contribution is -2.38. The van der Waals surface area contributed by atoms with Crippen LogP contribution < -0.4 is 4.74 Å². The lowest BCUT2D eigenvalue weighted by atomic mass is 10.1. The fourth-order valence-corrected chi connectivity index (χ4v) is 1.19. The highest BCUT2D eigenvalue weighted by Gasteiger charge is 2.29. The van der Waals surface area contributed by atoms with Crippen molar-refractivity contribution in [2.75, 3.05) is 0 Å². The smallest absolute Gasteiger partial charge is 0.347 e. The molecule has 0 unspecified atom stereocenters. The summed E-state index contributed by atoms with van der Waals surface area (Å²) in [5, 5.41) is 17.5. The average Bonchev–Trinajstić information content (AvgIpc) is 2.27. The SMILES string of the molecule is CC(C)(Oc1ccccc1C=CC(=O)O)C(=O)O. The second kappa shape index (κ2) is 5.35. The van der Waals surface area contributed by atoms with Crippen LogP contribution >= 0.6 is 0 Å². The van der Waals surface area contributed by atoms with Crippen LogP contribution in [0.1, 0.15) is 19.4 Å². The summed E-state index contributed by atoms with van der Waals surface area (Å²) in [5.41, 5.74) is -0.873. The summed E-state index contributed by atoms with van der Waals surface area (Å²) in [4.78, 5) is 21.4. The topological polar surface area (TPSA) is 83.8 Å². The van der Waals surface area contributed by atoms with E-state index in [1.807, 2.05) is 0 Å². The molecule has 5 nitrogen and oxygen atoms in total. The minimum absolute atomic E-state index is 0.322. The molecule has 5 heteroatoms. The lowest BCUT2D eigenvalue weighted by Gasteiger charge is -2.22. The molecule has 0 atom stereocenters. The standard InChI is InChI=1S/C13H14O5/c1-13(2,12(16)17)18-10-6-4-3-5-9(10)7-8-11(14)15/h3-8H,1-2H3,(H,14,15)(H,16,17). The molecular weight excluding hydrogens is 236 g/mol. The predicted molar refractivity (Wildman–Crippen MR) is 65.5 cm³/mol. The Labute approximate surface area is 104 Å². The van der Waals surface area contributed by atoms with E-state index < -0.39 is 17.5 Å². The molecule has 0 heterocycles. The molecule has 0 aromatic heterocycles.